The molecular formula is C11H11BrFN5S. The second-order valence-corrected chi connectivity index (χ2v) is 5.12. The Morgan fingerprint density at radius 3 is 2.68 bits per heavy atom. The molecule has 2 rings (SSSR count). The summed E-state index contributed by atoms with van der Waals surface area (Å²) >= 11 is 4.65. The molecule has 8 heteroatoms. The Kier molecular flexibility index (Phi) is 4.56. The van der Waals surface area contributed by atoms with Crippen molar-refractivity contribution >= 4 is 45.0 Å². The lowest BCUT2D eigenvalue weighted by Gasteiger charge is -2.10. The van der Waals surface area contributed by atoms with E-state index in [4.69, 9.17) is 5.84 Å². The van der Waals surface area contributed by atoms with Crippen molar-refractivity contribution in [1.29, 1.82) is 0 Å². The van der Waals surface area contributed by atoms with Gasteiger partial charge in [0.1, 0.15) is 17.5 Å². The molecule has 0 unspecified atom stereocenters. The highest BCUT2D eigenvalue weighted by atomic mass is 79.9. The summed E-state index contributed by atoms with van der Waals surface area (Å²) in [5.41, 5.74) is 2.76. The number of benzene rings is 1. The van der Waals surface area contributed by atoms with Crippen LogP contribution in [0.15, 0.2) is 33.9 Å². The van der Waals surface area contributed by atoms with E-state index in [-0.39, 0.29) is 5.82 Å². The van der Waals surface area contributed by atoms with Crippen LogP contribution < -0.4 is 16.6 Å². The van der Waals surface area contributed by atoms with Crippen LogP contribution in [0.5, 0.6) is 0 Å². The van der Waals surface area contributed by atoms with Crippen molar-refractivity contribution < 1.29 is 4.39 Å². The van der Waals surface area contributed by atoms with Gasteiger partial charge in [0.15, 0.2) is 5.16 Å². The van der Waals surface area contributed by atoms with Crippen molar-refractivity contribution in [2.24, 2.45) is 5.84 Å². The third kappa shape index (κ3) is 3.34. The van der Waals surface area contributed by atoms with Gasteiger partial charge >= 0.3 is 0 Å². The molecule has 0 aliphatic carbocycles. The maximum atomic E-state index is 13.7. The van der Waals surface area contributed by atoms with Gasteiger partial charge in [-0.2, -0.15) is 0 Å². The predicted octanol–water partition coefficient (Wildman–Crippen LogP) is 3.13. The van der Waals surface area contributed by atoms with Crippen LogP contribution in [0.25, 0.3) is 0 Å². The van der Waals surface area contributed by atoms with Gasteiger partial charge in [-0.25, -0.2) is 20.2 Å². The van der Waals surface area contributed by atoms with Crippen LogP contribution in [0.1, 0.15) is 0 Å². The number of hydrazine groups is 1. The molecule has 0 fully saturated rings. The topological polar surface area (TPSA) is 75.9 Å². The summed E-state index contributed by atoms with van der Waals surface area (Å²) in [6.07, 6.45) is 1.85. The fraction of sp³-hybridized carbons (Fsp3) is 0.0909. The predicted molar refractivity (Wildman–Crippen MR) is 79.0 cm³/mol. The first-order chi connectivity index (χ1) is 9.13. The Morgan fingerprint density at radius 2 is 2.05 bits per heavy atom. The maximum Gasteiger partial charge on any atom is 0.191 e. The van der Waals surface area contributed by atoms with Crippen LogP contribution in [0.4, 0.5) is 21.7 Å². The number of halogens is 2. The Bertz CT molecular complexity index is 553. The molecule has 5 nitrogen and oxygen atoms in total. The summed E-state index contributed by atoms with van der Waals surface area (Å²) in [6.45, 7) is 0. The molecule has 0 amide bonds. The van der Waals surface area contributed by atoms with Gasteiger partial charge in [0.25, 0.3) is 0 Å². The lowest BCUT2D eigenvalue weighted by molar-refractivity contribution is 0.631. The quantitative estimate of drug-likeness (QED) is 0.342. The summed E-state index contributed by atoms with van der Waals surface area (Å²) in [6, 6.07) is 6.32. The zero-order valence-corrected chi connectivity index (χ0v) is 12.3. The van der Waals surface area contributed by atoms with Crippen LogP contribution >= 0.6 is 27.7 Å². The smallest absolute Gasteiger partial charge is 0.191 e. The number of aromatic nitrogens is 2. The summed E-state index contributed by atoms with van der Waals surface area (Å²) in [5.74, 6) is 5.87. The van der Waals surface area contributed by atoms with E-state index >= 15 is 0 Å². The van der Waals surface area contributed by atoms with E-state index < -0.39 is 0 Å². The zero-order valence-electron chi connectivity index (χ0n) is 9.95. The molecular weight excluding hydrogens is 333 g/mol. The number of nitrogens with zero attached hydrogens (tertiary/aromatic N) is 2. The molecule has 4 N–H and O–H groups in total. The van der Waals surface area contributed by atoms with E-state index in [0.717, 1.165) is 0 Å². The number of nitrogens with two attached hydrogens (primary N) is 1. The van der Waals surface area contributed by atoms with Crippen molar-refractivity contribution in [3.8, 4) is 0 Å². The molecule has 2 aromatic rings. The number of rotatable bonds is 4. The number of nitrogens with one attached hydrogen (secondary N) is 2. The number of para-hydroxylation sites is 1. The Hall–Kier alpha value is -1.38. The van der Waals surface area contributed by atoms with Gasteiger partial charge in [0, 0.05) is 10.5 Å². The van der Waals surface area contributed by atoms with Crippen LogP contribution in [0.2, 0.25) is 0 Å². The molecule has 0 aliphatic rings. The Balaban J connectivity index is 2.37. The number of anilines is 3. The Morgan fingerprint density at radius 1 is 1.32 bits per heavy atom. The van der Waals surface area contributed by atoms with Gasteiger partial charge in [-0.1, -0.05) is 17.8 Å². The number of thioether (sulfide) groups is 1. The highest BCUT2D eigenvalue weighted by Gasteiger charge is 2.09. The number of hydrogen-bond donors (Lipinski definition) is 3. The highest BCUT2D eigenvalue weighted by molar-refractivity contribution is 9.10. The number of nitrogen functional groups attached to an aromatic ring is 1. The fourth-order valence-corrected chi connectivity index (χ4v) is 2.22. The van der Waals surface area contributed by atoms with E-state index in [1.807, 2.05) is 6.26 Å². The lowest BCUT2D eigenvalue weighted by Crippen LogP contribution is -2.10. The molecule has 1 heterocycles. The van der Waals surface area contributed by atoms with Gasteiger partial charge < -0.3 is 10.7 Å². The normalized spacial score (nSPS) is 10.3. The number of hydrogen-bond acceptors (Lipinski definition) is 6. The zero-order chi connectivity index (χ0) is 13.8. The van der Waals surface area contributed by atoms with Crippen molar-refractivity contribution in [3.05, 3.63) is 34.6 Å². The summed E-state index contributed by atoms with van der Waals surface area (Å²) in [4.78, 5) is 8.36. The van der Waals surface area contributed by atoms with Crippen molar-refractivity contribution in [2.75, 3.05) is 17.0 Å². The molecule has 0 saturated heterocycles. The molecule has 100 valence electrons. The second-order valence-electron chi connectivity index (χ2n) is 3.49. The van der Waals surface area contributed by atoms with E-state index in [9.17, 15) is 4.39 Å². The molecule has 0 atom stereocenters. The van der Waals surface area contributed by atoms with Gasteiger partial charge in [-0.05, 0) is 34.3 Å². The molecule has 0 spiro atoms. The first kappa shape index (κ1) is 14.0. The molecule has 1 aromatic heterocycles. The molecule has 0 saturated carbocycles. The summed E-state index contributed by atoms with van der Waals surface area (Å²) in [7, 11) is 0. The van der Waals surface area contributed by atoms with E-state index in [2.05, 4.69) is 36.6 Å². The molecule has 1 aromatic carbocycles. The van der Waals surface area contributed by atoms with Crippen LogP contribution in [-0.4, -0.2) is 16.2 Å². The largest absolute Gasteiger partial charge is 0.337 e. The minimum Gasteiger partial charge on any atom is -0.337 e. The first-order valence-electron chi connectivity index (χ1n) is 5.24. The Labute approximate surface area is 122 Å². The lowest BCUT2D eigenvalue weighted by atomic mass is 10.3. The maximum absolute atomic E-state index is 13.7. The van der Waals surface area contributed by atoms with Gasteiger partial charge in [0.2, 0.25) is 0 Å². The first-order valence-corrected chi connectivity index (χ1v) is 7.26. The van der Waals surface area contributed by atoms with Gasteiger partial charge in [-0.15, -0.1) is 0 Å². The van der Waals surface area contributed by atoms with Crippen molar-refractivity contribution in [1.82, 2.24) is 9.97 Å². The van der Waals surface area contributed by atoms with E-state index in [0.29, 0.717) is 27.0 Å². The highest BCUT2D eigenvalue weighted by Crippen LogP contribution is 2.29. The van der Waals surface area contributed by atoms with E-state index in [1.54, 1.807) is 18.2 Å². The minimum absolute atomic E-state index is 0.316. The van der Waals surface area contributed by atoms with Gasteiger partial charge in [-0.3, -0.25) is 0 Å². The van der Waals surface area contributed by atoms with Crippen LogP contribution in [0, 0.1) is 5.82 Å². The monoisotopic (exact) mass is 343 g/mol. The average Bonchev–Trinajstić information content (AvgIpc) is 2.42. The SMILES string of the molecule is CSc1nc(NN)cc(Nc2c(F)cccc2Br)n1. The van der Waals surface area contributed by atoms with E-state index in [1.165, 1.54) is 17.8 Å². The van der Waals surface area contributed by atoms with Crippen molar-refractivity contribution in [3.63, 3.8) is 0 Å². The average molecular weight is 344 g/mol. The van der Waals surface area contributed by atoms with Crippen LogP contribution in [0.3, 0.4) is 0 Å². The van der Waals surface area contributed by atoms with Gasteiger partial charge in [0.05, 0.1) is 5.69 Å². The third-order valence-corrected chi connectivity index (χ3v) is 3.46. The second kappa shape index (κ2) is 6.18. The summed E-state index contributed by atoms with van der Waals surface area (Å²) in [5, 5.41) is 3.44. The minimum atomic E-state index is -0.374. The molecule has 0 radical (unpaired) electrons. The standard InChI is InChI=1S/C11H11BrFN5S/c1-19-11-16-8(5-9(17-11)18-14)15-10-6(12)3-2-4-7(10)13/h2-5H,14H2,1H3,(H2,15,16,17,18). The van der Waals surface area contributed by atoms with Crippen molar-refractivity contribution in [2.45, 2.75) is 5.16 Å². The molecule has 19 heavy (non-hydrogen) atoms. The molecule has 0 aliphatic heterocycles. The fourth-order valence-electron chi connectivity index (χ4n) is 1.40. The van der Waals surface area contributed by atoms with Crippen LogP contribution in [-0.2, 0) is 0 Å². The molecule has 0 bridgehead atoms. The summed E-state index contributed by atoms with van der Waals surface area (Å²) < 4.78 is 14.3. The third-order valence-electron chi connectivity index (χ3n) is 2.25.